The van der Waals surface area contributed by atoms with Crippen LogP contribution in [0.25, 0.3) is 0 Å². The Bertz CT molecular complexity index is 300. The van der Waals surface area contributed by atoms with E-state index in [-0.39, 0.29) is 6.09 Å². The van der Waals surface area contributed by atoms with E-state index in [0.717, 1.165) is 12.0 Å². The molecule has 0 heterocycles. The second-order valence-electron chi connectivity index (χ2n) is 3.33. The van der Waals surface area contributed by atoms with Crippen LogP contribution in [0.15, 0.2) is 30.3 Å². The van der Waals surface area contributed by atoms with Crippen molar-refractivity contribution in [1.29, 1.82) is 0 Å². The molecule has 4 nitrogen and oxygen atoms in total. The number of ether oxygens (including phenoxy) is 2. The maximum Gasteiger partial charge on any atom is 0.407 e. The summed E-state index contributed by atoms with van der Waals surface area (Å²) in [6.07, 6.45) is 0.400. The number of rotatable bonds is 6. The van der Waals surface area contributed by atoms with Crippen molar-refractivity contribution in [1.82, 2.24) is 5.32 Å². The van der Waals surface area contributed by atoms with Gasteiger partial charge in [-0.25, -0.2) is 4.79 Å². The molecule has 0 saturated heterocycles. The van der Waals surface area contributed by atoms with Crippen LogP contribution in [-0.2, 0) is 16.1 Å². The molecule has 1 amide bonds. The summed E-state index contributed by atoms with van der Waals surface area (Å²) in [6.45, 7) is 1.51. The van der Waals surface area contributed by atoms with Gasteiger partial charge in [0.25, 0.3) is 0 Å². The lowest BCUT2D eigenvalue weighted by Gasteiger charge is -2.06. The first-order valence-electron chi connectivity index (χ1n) is 5.26. The minimum atomic E-state index is -0.389. The van der Waals surface area contributed by atoms with Gasteiger partial charge in [-0.05, 0) is 12.0 Å². The van der Waals surface area contributed by atoms with Crippen LogP contribution in [0.5, 0.6) is 0 Å². The number of alkyl carbamates (subject to hydrolysis) is 1. The molecule has 0 aliphatic rings. The normalized spacial score (nSPS) is 9.81. The van der Waals surface area contributed by atoms with Crippen molar-refractivity contribution >= 4 is 6.09 Å². The van der Waals surface area contributed by atoms with Crippen molar-refractivity contribution in [3.8, 4) is 0 Å². The molecule has 1 rings (SSSR count). The molecule has 88 valence electrons. The molecule has 0 unspecified atom stereocenters. The molecular weight excluding hydrogens is 206 g/mol. The van der Waals surface area contributed by atoms with E-state index in [2.05, 4.69) is 5.32 Å². The van der Waals surface area contributed by atoms with E-state index in [9.17, 15) is 4.79 Å². The van der Waals surface area contributed by atoms with Gasteiger partial charge in [0.1, 0.15) is 6.61 Å². The minimum absolute atomic E-state index is 0.303. The van der Waals surface area contributed by atoms with Crippen LogP contribution in [0.1, 0.15) is 12.0 Å². The van der Waals surface area contributed by atoms with Crippen molar-refractivity contribution in [2.75, 3.05) is 20.3 Å². The predicted molar refractivity (Wildman–Crippen MR) is 61.1 cm³/mol. The van der Waals surface area contributed by atoms with Gasteiger partial charge in [-0.3, -0.25) is 0 Å². The van der Waals surface area contributed by atoms with Gasteiger partial charge < -0.3 is 14.8 Å². The summed E-state index contributed by atoms with van der Waals surface area (Å²) in [5.74, 6) is 0. The van der Waals surface area contributed by atoms with Crippen LogP contribution in [0.4, 0.5) is 4.79 Å². The van der Waals surface area contributed by atoms with Crippen LogP contribution in [-0.4, -0.2) is 26.4 Å². The third-order valence-corrected chi connectivity index (χ3v) is 2.01. The molecule has 1 N–H and O–H groups in total. The summed E-state index contributed by atoms with van der Waals surface area (Å²) in [5.41, 5.74) is 0.981. The Balaban J connectivity index is 2.11. The number of amides is 1. The van der Waals surface area contributed by atoms with Crippen LogP contribution >= 0.6 is 0 Å². The monoisotopic (exact) mass is 223 g/mol. The number of hydrogen-bond acceptors (Lipinski definition) is 3. The van der Waals surface area contributed by atoms with Crippen LogP contribution in [0, 0.1) is 0 Å². The maximum atomic E-state index is 11.2. The fourth-order valence-electron chi connectivity index (χ4n) is 1.18. The van der Waals surface area contributed by atoms with Gasteiger partial charge in [0.2, 0.25) is 0 Å². The zero-order valence-corrected chi connectivity index (χ0v) is 9.44. The quantitative estimate of drug-likeness (QED) is 0.750. The number of methoxy groups -OCH3 is 1. The van der Waals surface area contributed by atoms with Gasteiger partial charge >= 0.3 is 6.09 Å². The largest absolute Gasteiger partial charge is 0.445 e. The minimum Gasteiger partial charge on any atom is -0.445 e. The lowest BCUT2D eigenvalue weighted by atomic mass is 10.2. The Morgan fingerprint density at radius 2 is 2.06 bits per heavy atom. The zero-order valence-electron chi connectivity index (χ0n) is 9.44. The first-order chi connectivity index (χ1) is 7.83. The first kappa shape index (κ1) is 12.5. The second kappa shape index (κ2) is 7.70. The number of nitrogens with one attached hydrogen (secondary N) is 1. The topological polar surface area (TPSA) is 47.6 Å². The Morgan fingerprint density at radius 1 is 1.31 bits per heavy atom. The van der Waals surface area contributed by atoms with Gasteiger partial charge in [0.15, 0.2) is 0 Å². The van der Waals surface area contributed by atoms with Crippen molar-refractivity contribution in [3.05, 3.63) is 35.9 Å². The highest BCUT2D eigenvalue weighted by atomic mass is 16.5. The fourth-order valence-corrected chi connectivity index (χ4v) is 1.18. The van der Waals surface area contributed by atoms with Crippen molar-refractivity contribution in [3.63, 3.8) is 0 Å². The summed E-state index contributed by atoms with van der Waals surface area (Å²) in [5, 5.41) is 2.65. The summed E-state index contributed by atoms with van der Waals surface area (Å²) >= 11 is 0. The SMILES string of the molecule is COCCCNC(=O)OCc1ccccc1. The Morgan fingerprint density at radius 3 is 2.75 bits per heavy atom. The van der Waals surface area contributed by atoms with Crippen molar-refractivity contribution in [2.45, 2.75) is 13.0 Å². The molecule has 0 atom stereocenters. The maximum absolute atomic E-state index is 11.2. The summed E-state index contributed by atoms with van der Waals surface area (Å²) < 4.78 is 9.88. The number of carbonyl (C=O) groups excluding carboxylic acids is 1. The molecule has 0 radical (unpaired) electrons. The smallest absolute Gasteiger partial charge is 0.407 e. The average Bonchev–Trinajstić information content (AvgIpc) is 2.33. The van der Waals surface area contributed by atoms with Crippen molar-refractivity contribution < 1.29 is 14.3 Å². The van der Waals surface area contributed by atoms with E-state index in [1.54, 1.807) is 7.11 Å². The molecule has 1 aromatic carbocycles. The van der Waals surface area contributed by atoms with E-state index in [1.807, 2.05) is 30.3 Å². The average molecular weight is 223 g/mol. The van der Waals surface area contributed by atoms with Gasteiger partial charge in [0, 0.05) is 20.3 Å². The predicted octanol–water partition coefficient (Wildman–Crippen LogP) is 1.95. The summed E-state index contributed by atoms with van der Waals surface area (Å²) in [4.78, 5) is 11.2. The number of hydrogen-bond donors (Lipinski definition) is 1. The number of carbonyl (C=O) groups is 1. The Hall–Kier alpha value is -1.55. The van der Waals surface area contributed by atoms with Crippen LogP contribution in [0.3, 0.4) is 0 Å². The summed E-state index contributed by atoms with van der Waals surface area (Å²) in [6, 6.07) is 9.58. The summed E-state index contributed by atoms with van der Waals surface area (Å²) in [7, 11) is 1.63. The highest BCUT2D eigenvalue weighted by molar-refractivity contribution is 5.67. The van der Waals surface area contributed by atoms with Crippen molar-refractivity contribution in [2.24, 2.45) is 0 Å². The first-order valence-corrected chi connectivity index (χ1v) is 5.26. The zero-order chi connectivity index (χ0) is 11.6. The lowest BCUT2D eigenvalue weighted by Crippen LogP contribution is -2.25. The molecule has 0 saturated carbocycles. The number of benzene rings is 1. The molecule has 1 aromatic rings. The molecule has 0 aromatic heterocycles. The van der Waals surface area contributed by atoms with Gasteiger partial charge in [-0.1, -0.05) is 30.3 Å². The van der Waals surface area contributed by atoms with E-state index in [0.29, 0.717) is 19.8 Å². The molecule has 0 aliphatic heterocycles. The second-order valence-corrected chi connectivity index (χ2v) is 3.33. The Kier molecular flexibility index (Phi) is 6.03. The molecular formula is C12H17NO3. The fraction of sp³-hybridized carbons (Fsp3) is 0.417. The van der Waals surface area contributed by atoms with Crippen LogP contribution in [0.2, 0.25) is 0 Å². The molecule has 4 heteroatoms. The van der Waals surface area contributed by atoms with Gasteiger partial charge in [-0.15, -0.1) is 0 Å². The third kappa shape index (κ3) is 5.36. The van der Waals surface area contributed by atoms with E-state index in [1.165, 1.54) is 0 Å². The van der Waals surface area contributed by atoms with E-state index < -0.39 is 0 Å². The standard InChI is InChI=1S/C12H17NO3/c1-15-9-5-8-13-12(14)16-10-11-6-3-2-4-7-11/h2-4,6-7H,5,8-10H2,1H3,(H,13,14). The third-order valence-electron chi connectivity index (χ3n) is 2.01. The highest BCUT2D eigenvalue weighted by Crippen LogP contribution is 2.00. The Labute approximate surface area is 95.6 Å². The van der Waals surface area contributed by atoms with E-state index >= 15 is 0 Å². The molecule has 0 fully saturated rings. The highest BCUT2D eigenvalue weighted by Gasteiger charge is 2.00. The van der Waals surface area contributed by atoms with Crippen LogP contribution < -0.4 is 5.32 Å². The molecule has 0 bridgehead atoms. The van der Waals surface area contributed by atoms with Gasteiger partial charge in [0.05, 0.1) is 0 Å². The lowest BCUT2D eigenvalue weighted by molar-refractivity contribution is 0.137. The van der Waals surface area contributed by atoms with E-state index in [4.69, 9.17) is 9.47 Å². The van der Waals surface area contributed by atoms with Gasteiger partial charge in [-0.2, -0.15) is 0 Å². The molecule has 16 heavy (non-hydrogen) atoms. The molecule has 0 spiro atoms. The molecule has 0 aliphatic carbocycles.